The van der Waals surface area contributed by atoms with Crippen LogP contribution in [0.4, 0.5) is 19.1 Å². The predicted octanol–water partition coefficient (Wildman–Crippen LogP) is 2.17. The number of aromatic nitrogens is 2. The molecule has 0 saturated carbocycles. The number of nitrogens with one attached hydrogen (secondary N) is 1. The molecule has 20 heavy (non-hydrogen) atoms. The minimum absolute atomic E-state index is 0.0607. The SMILES string of the molecule is CCN(CC)C(=O)CCNc1nccc(C(F)(F)F)n1. The first-order valence-corrected chi connectivity index (χ1v) is 6.30. The minimum atomic E-state index is -4.50. The third-order valence-electron chi connectivity index (χ3n) is 2.68. The van der Waals surface area contributed by atoms with Gasteiger partial charge in [-0.05, 0) is 19.9 Å². The maximum Gasteiger partial charge on any atom is 0.433 e. The first-order chi connectivity index (χ1) is 9.38. The molecule has 0 fully saturated rings. The lowest BCUT2D eigenvalue weighted by Gasteiger charge is -2.18. The summed E-state index contributed by atoms with van der Waals surface area (Å²) in [5.41, 5.74) is -1.01. The van der Waals surface area contributed by atoms with Crippen molar-refractivity contribution in [2.75, 3.05) is 25.0 Å². The Bertz CT molecular complexity index is 447. The van der Waals surface area contributed by atoms with Crippen LogP contribution in [0.25, 0.3) is 0 Å². The van der Waals surface area contributed by atoms with Crippen molar-refractivity contribution in [2.45, 2.75) is 26.4 Å². The molecule has 112 valence electrons. The van der Waals surface area contributed by atoms with Crippen molar-refractivity contribution in [3.63, 3.8) is 0 Å². The maximum atomic E-state index is 12.4. The molecule has 8 heteroatoms. The monoisotopic (exact) mass is 290 g/mol. The zero-order chi connectivity index (χ0) is 15.2. The topological polar surface area (TPSA) is 58.1 Å². The molecule has 5 nitrogen and oxygen atoms in total. The van der Waals surface area contributed by atoms with Gasteiger partial charge in [-0.3, -0.25) is 4.79 Å². The zero-order valence-electron chi connectivity index (χ0n) is 11.4. The lowest BCUT2D eigenvalue weighted by atomic mass is 10.3. The number of nitrogens with zero attached hydrogens (tertiary/aromatic N) is 3. The molecule has 0 aliphatic carbocycles. The highest BCUT2D eigenvalue weighted by atomic mass is 19.4. The van der Waals surface area contributed by atoms with Gasteiger partial charge in [0, 0.05) is 32.3 Å². The number of halogens is 3. The Morgan fingerprint density at radius 3 is 2.55 bits per heavy atom. The number of carbonyl (C=O) groups excluding carboxylic acids is 1. The Morgan fingerprint density at radius 2 is 2.00 bits per heavy atom. The highest BCUT2D eigenvalue weighted by molar-refractivity contribution is 5.76. The van der Waals surface area contributed by atoms with Crippen LogP contribution in [0, 0.1) is 0 Å². The smallest absolute Gasteiger partial charge is 0.354 e. The summed E-state index contributed by atoms with van der Waals surface area (Å²) >= 11 is 0. The first kappa shape index (κ1) is 16.2. The van der Waals surface area contributed by atoms with E-state index < -0.39 is 11.9 Å². The van der Waals surface area contributed by atoms with E-state index in [4.69, 9.17) is 0 Å². The van der Waals surface area contributed by atoms with Gasteiger partial charge in [-0.1, -0.05) is 0 Å². The molecule has 0 saturated heterocycles. The number of amides is 1. The summed E-state index contributed by atoms with van der Waals surface area (Å²) in [4.78, 5) is 20.4. The molecular weight excluding hydrogens is 273 g/mol. The van der Waals surface area contributed by atoms with E-state index in [0.717, 1.165) is 12.3 Å². The van der Waals surface area contributed by atoms with E-state index in [-0.39, 0.29) is 24.8 Å². The molecule has 0 unspecified atom stereocenters. The van der Waals surface area contributed by atoms with Crippen LogP contribution >= 0.6 is 0 Å². The first-order valence-electron chi connectivity index (χ1n) is 6.30. The van der Waals surface area contributed by atoms with E-state index in [2.05, 4.69) is 15.3 Å². The van der Waals surface area contributed by atoms with E-state index in [9.17, 15) is 18.0 Å². The lowest BCUT2D eigenvalue weighted by Crippen LogP contribution is -2.31. The van der Waals surface area contributed by atoms with Crippen LogP contribution in [-0.4, -0.2) is 40.4 Å². The van der Waals surface area contributed by atoms with Gasteiger partial charge in [0.2, 0.25) is 11.9 Å². The second-order valence-corrected chi connectivity index (χ2v) is 4.01. The van der Waals surface area contributed by atoms with E-state index in [1.54, 1.807) is 4.90 Å². The average molecular weight is 290 g/mol. The Morgan fingerprint density at radius 1 is 1.35 bits per heavy atom. The minimum Gasteiger partial charge on any atom is -0.354 e. The van der Waals surface area contributed by atoms with Crippen molar-refractivity contribution in [2.24, 2.45) is 0 Å². The van der Waals surface area contributed by atoms with Crippen molar-refractivity contribution in [3.8, 4) is 0 Å². The number of rotatable bonds is 6. The van der Waals surface area contributed by atoms with Gasteiger partial charge in [0.15, 0.2) is 0 Å². The Kier molecular flexibility index (Phi) is 5.72. The van der Waals surface area contributed by atoms with Gasteiger partial charge in [-0.2, -0.15) is 13.2 Å². The number of anilines is 1. The van der Waals surface area contributed by atoms with Gasteiger partial charge < -0.3 is 10.2 Å². The molecule has 0 radical (unpaired) electrons. The van der Waals surface area contributed by atoms with Crippen molar-refractivity contribution in [3.05, 3.63) is 18.0 Å². The van der Waals surface area contributed by atoms with Crippen LogP contribution in [-0.2, 0) is 11.0 Å². The fourth-order valence-electron chi connectivity index (χ4n) is 1.62. The molecule has 0 spiro atoms. The molecule has 0 aliphatic rings. The third-order valence-corrected chi connectivity index (χ3v) is 2.68. The summed E-state index contributed by atoms with van der Waals surface area (Å²) in [5, 5.41) is 2.62. The van der Waals surface area contributed by atoms with Crippen LogP contribution < -0.4 is 5.32 Å². The predicted molar refractivity (Wildman–Crippen MR) is 68.1 cm³/mol. The molecule has 1 amide bonds. The van der Waals surface area contributed by atoms with E-state index in [0.29, 0.717) is 13.1 Å². The van der Waals surface area contributed by atoms with Gasteiger partial charge in [-0.15, -0.1) is 0 Å². The highest BCUT2D eigenvalue weighted by Gasteiger charge is 2.32. The summed E-state index contributed by atoms with van der Waals surface area (Å²) < 4.78 is 37.3. The van der Waals surface area contributed by atoms with Crippen LogP contribution in [0.3, 0.4) is 0 Å². The fourth-order valence-corrected chi connectivity index (χ4v) is 1.62. The molecule has 1 aromatic heterocycles. The summed E-state index contributed by atoms with van der Waals surface area (Å²) in [5.74, 6) is -0.193. The molecule has 1 rings (SSSR count). The molecule has 0 aliphatic heterocycles. The van der Waals surface area contributed by atoms with E-state index >= 15 is 0 Å². The summed E-state index contributed by atoms with van der Waals surface area (Å²) in [7, 11) is 0. The fraction of sp³-hybridized carbons (Fsp3) is 0.583. The molecule has 0 aromatic carbocycles. The summed E-state index contributed by atoms with van der Waals surface area (Å²) in [6.07, 6.45) is -3.29. The Hall–Kier alpha value is -1.86. The van der Waals surface area contributed by atoms with E-state index in [1.807, 2.05) is 13.8 Å². The van der Waals surface area contributed by atoms with Crippen molar-refractivity contribution < 1.29 is 18.0 Å². The standard InChI is InChI=1S/C12H17F3N4O/c1-3-19(4-2)10(20)6-8-17-11-16-7-5-9(18-11)12(13,14)15/h5,7H,3-4,6,8H2,1-2H3,(H,16,17,18). The average Bonchev–Trinajstić information content (AvgIpc) is 2.39. The second-order valence-electron chi connectivity index (χ2n) is 4.01. The van der Waals surface area contributed by atoms with Gasteiger partial charge in [-0.25, -0.2) is 9.97 Å². The van der Waals surface area contributed by atoms with Crippen LogP contribution in [0.2, 0.25) is 0 Å². The maximum absolute atomic E-state index is 12.4. The van der Waals surface area contributed by atoms with Gasteiger partial charge in [0.25, 0.3) is 0 Å². The highest BCUT2D eigenvalue weighted by Crippen LogP contribution is 2.27. The normalized spacial score (nSPS) is 11.2. The van der Waals surface area contributed by atoms with Gasteiger partial charge in [0.1, 0.15) is 5.69 Å². The molecular formula is C12H17F3N4O. The Labute approximate surface area is 115 Å². The largest absolute Gasteiger partial charge is 0.433 e. The third kappa shape index (κ3) is 4.67. The number of hydrogen-bond acceptors (Lipinski definition) is 4. The number of carbonyl (C=O) groups is 1. The molecule has 1 aromatic rings. The zero-order valence-corrected chi connectivity index (χ0v) is 11.4. The lowest BCUT2D eigenvalue weighted by molar-refractivity contribution is -0.141. The van der Waals surface area contributed by atoms with Crippen molar-refractivity contribution in [1.29, 1.82) is 0 Å². The van der Waals surface area contributed by atoms with Gasteiger partial charge >= 0.3 is 6.18 Å². The van der Waals surface area contributed by atoms with Crippen molar-refractivity contribution >= 4 is 11.9 Å². The number of alkyl halides is 3. The summed E-state index contributed by atoms with van der Waals surface area (Å²) in [6.45, 7) is 5.14. The van der Waals surface area contributed by atoms with Crippen LogP contribution in [0.15, 0.2) is 12.3 Å². The van der Waals surface area contributed by atoms with E-state index in [1.165, 1.54) is 0 Å². The Balaban J connectivity index is 2.52. The molecule has 0 bridgehead atoms. The van der Waals surface area contributed by atoms with Gasteiger partial charge in [0.05, 0.1) is 0 Å². The summed E-state index contributed by atoms with van der Waals surface area (Å²) in [6, 6.07) is 0.798. The van der Waals surface area contributed by atoms with Crippen molar-refractivity contribution in [1.82, 2.24) is 14.9 Å². The van der Waals surface area contributed by atoms with Crippen LogP contribution in [0.1, 0.15) is 26.0 Å². The molecule has 1 N–H and O–H groups in total. The van der Waals surface area contributed by atoms with Crippen LogP contribution in [0.5, 0.6) is 0 Å². The number of hydrogen-bond donors (Lipinski definition) is 1. The molecule has 1 heterocycles. The quantitative estimate of drug-likeness (QED) is 0.872. The second kappa shape index (κ2) is 7.06. The molecule has 0 atom stereocenters.